The normalized spacial score (nSPS) is 10.1. The van der Waals surface area contributed by atoms with Gasteiger partial charge in [0.1, 0.15) is 5.75 Å². The van der Waals surface area contributed by atoms with Crippen LogP contribution >= 0.6 is 11.6 Å². The molecule has 2 rings (SSSR count). The molecule has 0 heterocycles. The first kappa shape index (κ1) is 12.5. The van der Waals surface area contributed by atoms with E-state index in [1.165, 1.54) is 7.11 Å². The van der Waals surface area contributed by atoms with Gasteiger partial charge in [-0.25, -0.2) is 0 Å². The second-order valence-electron chi connectivity index (χ2n) is 3.80. The number of nitrogens with two attached hydrogens (primary N) is 1. The summed E-state index contributed by atoms with van der Waals surface area (Å²) in [5.74, 6) is 0.449. The Morgan fingerprint density at radius 2 is 1.72 bits per heavy atom. The van der Waals surface area contributed by atoms with E-state index in [2.05, 4.69) is 0 Å². The number of ketones is 1. The van der Waals surface area contributed by atoms with Crippen molar-refractivity contribution in [2.45, 2.75) is 0 Å². The van der Waals surface area contributed by atoms with E-state index < -0.39 is 0 Å². The summed E-state index contributed by atoms with van der Waals surface area (Å²) in [7, 11) is 1.53. The molecule has 0 fully saturated rings. The number of halogens is 1. The van der Waals surface area contributed by atoms with Crippen LogP contribution < -0.4 is 10.5 Å². The summed E-state index contributed by atoms with van der Waals surface area (Å²) in [5.41, 5.74) is 7.30. The standard InChI is InChI=1S/C14H12ClNO2/c1-18-13-7-4-10(8-12(13)15)14(17)9-2-5-11(16)6-3-9/h2-8H,16H2,1H3. The molecule has 2 aromatic carbocycles. The van der Waals surface area contributed by atoms with Crippen molar-refractivity contribution < 1.29 is 9.53 Å². The fourth-order valence-corrected chi connectivity index (χ4v) is 1.87. The molecule has 92 valence electrons. The van der Waals surface area contributed by atoms with Crippen molar-refractivity contribution in [2.24, 2.45) is 0 Å². The molecule has 4 heteroatoms. The summed E-state index contributed by atoms with van der Waals surface area (Å²) >= 11 is 5.99. The number of carbonyl (C=O) groups is 1. The zero-order chi connectivity index (χ0) is 13.1. The quantitative estimate of drug-likeness (QED) is 0.682. The molecule has 0 saturated carbocycles. The molecule has 0 amide bonds. The molecule has 0 spiro atoms. The Morgan fingerprint density at radius 1 is 1.11 bits per heavy atom. The highest BCUT2D eigenvalue weighted by atomic mass is 35.5. The number of carbonyl (C=O) groups excluding carboxylic acids is 1. The lowest BCUT2D eigenvalue weighted by molar-refractivity contribution is 0.103. The first-order valence-electron chi connectivity index (χ1n) is 5.35. The van der Waals surface area contributed by atoms with Crippen LogP contribution in [0.2, 0.25) is 5.02 Å². The van der Waals surface area contributed by atoms with Crippen LogP contribution in [0, 0.1) is 0 Å². The lowest BCUT2D eigenvalue weighted by atomic mass is 10.0. The van der Waals surface area contributed by atoms with Crippen LogP contribution in [0.25, 0.3) is 0 Å². The monoisotopic (exact) mass is 261 g/mol. The Labute approximate surface area is 110 Å². The number of rotatable bonds is 3. The van der Waals surface area contributed by atoms with E-state index in [-0.39, 0.29) is 5.78 Å². The van der Waals surface area contributed by atoms with Gasteiger partial charge in [0, 0.05) is 16.8 Å². The Hall–Kier alpha value is -2.00. The first-order chi connectivity index (χ1) is 8.61. The van der Waals surface area contributed by atoms with Gasteiger partial charge in [0.25, 0.3) is 0 Å². The third-order valence-corrected chi connectivity index (χ3v) is 2.88. The van der Waals surface area contributed by atoms with Gasteiger partial charge in [-0.1, -0.05) is 11.6 Å². The molecule has 0 unspecified atom stereocenters. The summed E-state index contributed by atoms with van der Waals surface area (Å²) in [6.07, 6.45) is 0. The Kier molecular flexibility index (Phi) is 3.53. The van der Waals surface area contributed by atoms with Crippen molar-refractivity contribution in [3.05, 3.63) is 58.6 Å². The molecule has 0 aliphatic heterocycles. The maximum atomic E-state index is 12.2. The highest BCUT2D eigenvalue weighted by Gasteiger charge is 2.11. The summed E-state index contributed by atoms with van der Waals surface area (Å²) in [6.45, 7) is 0. The summed E-state index contributed by atoms with van der Waals surface area (Å²) in [4.78, 5) is 12.2. The van der Waals surface area contributed by atoms with Gasteiger partial charge in [0.2, 0.25) is 0 Å². The SMILES string of the molecule is COc1ccc(C(=O)c2ccc(N)cc2)cc1Cl. The highest BCUT2D eigenvalue weighted by molar-refractivity contribution is 6.32. The smallest absolute Gasteiger partial charge is 0.193 e. The number of ether oxygens (including phenoxy) is 1. The molecule has 0 radical (unpaired) electrons. The van der Waals surface area contributed by atoms with E-state index in [1.54, 1.807) is 42.5 Å². The summed E-state index contributed by atoms with van der Waals surface area (Å²) in [5, 5.41) is 0.416. The zero-order valence-electron chi connectivity index (χ0n) is 9.81. The highest BCUT2D eigenvalue weighted by Crippen LogP contribution is 2.26. The molecule has 0 saturated heterocycles. The fraction of sp³-hybridized carbons (Fsp3) is 0.0714. The molecule has 18 heavy (non-hydrogen) atoms. The minimum absolute atomic E-state index is 0.0976. The first-order valence-corrected chi connectivity index (χ1v) is 5.73. The van der Waals surface area contributed by atoms with E-state index in [1.807, 2.05) is 0 Å². The van der Waals surface area contributed by atoms with E-state index in [0.717, 1.165) is 0 Å². The minimum Gasteiger partial charge on any atom is -0.495 e. The van der Waals surface area contributed by atoms with Gasteiger partial charge in [-0.2, -0.15) is 0 Å². The van der Waals surface area contributed by atoms with Crippen LogP contribution in [0.5, 0.6) is 5.75 Å². The Balaban J connectivity index is 2.34. The van der Waals surface area contributed by atoms with E-state index in [0.29, 0.717) is 27.6 Å². The lowest BCUT2D eigenvalue weighted by Crippen LogP contribution is -2.01. The van der Waals surface area contributed by atoms with Crippen LogP contribution in [0.4, 0.5) is 5.69 Å². The molecule has 0 bridgehead atoms. The van der Waals surface area contributed by atoms with Gasteiger partial charge in [0.15, 0.2) is 5.78 Å². The second-order valence-corrected chi connectivity index (χ2v) is 4.21. The van der Waals surface area contributed by atoms with Crippen molar-refractivity contribution in [3.63, 3.8) is 0 Å². The van der Waals surface area contributed by atoms with E-state index >= 15 is 0 Å². The fourth-order valence-electron chi connectivity index (χ4n) is 1.61. The molecule has 2 N–H and O–H groups in total. The number of hydrogen-bond acceptors (Lipinski definition) is 3. The average molecular weight is 262 g/mol. The zero-order valence-corrected chi connectivity index (χ0v) is 10.6. The third kappa shape index (κ3) is 2.46. The second kappa shape index (κ2) is 5.10. The van der Waals surface area contributed by atoms with Crippen molar-refractivity contribution in [1.82, 2.24) is 0 Å². The van der Waals surface area contributed by atoms with Crippen LogP contribution in [0.3, 0.4) is 0 Å². The summed E-state index contributed by atoms with van der Waals surface area (Å²) in [6, 6.07) is 11.7. The minimum atomic E-state index is -0.0976. The topological polar surface area (TPSA) is 52.3 Å². The van der Waals surface area contributed by atoms with Gasteiger partial charge in [-0.3, -0.25) is 4.79 Å². The van der Waals surface area contributed by atoms with E-state index in [9.17, 15) is 4.79 Å². The van der Waals surface area contributed by atoms with E-state index in [4.69, 9.17) is 22.1 Å². The average Bonchev–Trinajstić information content (AvgIpc) is 2.38. The molecule has 0 aliphatic carbocycles. The number of anilines is 1. The van der Waals surface area contributed by atoms with Crippen LogP contribution in [0.1, 0.15) is 15.9 Å². The van der Waals surface area contributed by atoms with Gasteiger partial charge in [-0.05, 0) is 42.5 Å². The molecular weight excluding hydrogens is 250 g/mol. The van der Waals surface area contributed by atoms with Gasteiger partial charge in [0.05, 0.1) is 12.1 Å². The van der Waals surface area contributed by atoms with Crippen LogP contribution in [-0.2, 0) is 0 Å². The van der Waals surface area contributed by atoms with Gasteiger partial charge < -0.3 is 10.5 Å². The van der Waals surface area contributed by atoms with Crippen LogP contribution in [-0.4, -0.2) is 12.9 Å². The third-order valence-electron chi connectivity index (χ3n) is 2.59. The van der Waals surface area contributed by atoms with Crippen molar-refractivity contribution in [2.75, 3.05) is 12.8 Å². The Morgan fingerprint density at radius 3 is 2.28 bits per heavy atom. The molecule has 0 aromatic heterocycles. The lowest BCUT2D eigenvalue weighted by Gasteiger charge is -2.06. The van der Waals surface area contributed by atoms with Gasteiger partial charge >= 0.3 is 0 Å². The molecule has 2 aromatic rings. The molecule has 0 aliphatic rings. The number of benzene rings is 2. The maximum Gasteiger partial charge on any atom is 0.193 e. The molecular formula is C14H12ClNO2. The largest absolute Gasteiger partial charge is 0.495 e. The van der Waals surface area contributed by atoms with Crippen LogP contribution in [0.15, 0.2) is 42.5 Å². The predicted molar refractivity (Wildman–Crippen MR) is 72.3 cm³/mol. The van der Waals surface area contributed by atoms with Crippen molar-refractivity contribution in [3.8, 4) is 5.75 Å². The van der Waals surface area contributed by atoms with Gasteiger partial charge in [-0.15, -0.1) is 0 Å². The predicted octanol–water partition coefficient (Wildman–Crippen LogP) is 3.16. The van der Waals surface area contributed by atoms with Crippen molar-refractivity contribution in [1.29, 1.82) is 0 Å². The number of hydrogen-bond donors (Lipinski definition) is 1. The van der Waals surface area contributed by atoms with Crippen molar-refractivity contribution >= 4 is 23.1 Å². The Bertz CT molecular complexity index is 579. The maximum absolute atomic E-state index is 12.2. The number of methoxy groups -OCH3 is 1. The summed E-state index contributed by atoms with van der Waals surface area (Å²) < 4.78 is 5.04. The number of nitrogen functional groups attached to an aromatic ring is 1. The molecule has 0 atom stereocenters. The molecule has 3 nitrogen and oxygen atoms in total.